The van der Waals surface area contributed by atoms with Gasteiger partial charge in [-0.05, 0) is 52.4 Å². The van der Waals surface area contributed by atoms with Crippen molar-refractivity contribution in [1.82, 2.24) is 19.8 Å². The van der Waals surface area contributed by atoms with E-state index in [0.717, 1.165) is 13.1 Å². The minimum Gasteiger partial charge on any atom is -0.330 e. The molecule has 0 radical (unpaired) electrons. The van der Waals surface area contributed by atoms with Gasteiger partial charge in [0.1, 0.15) is 0 Å². The lowest BCUT2D eigenvalue weighted by atomic mass is 9.94. The maximum absolute atomic E-state index is 4.42. The lowest BCUT2D eigenvalue weighted by molar-refractivity contribution is 0.207. The zero-order chi connectivity index (χ0) is 12.4. The first-order valence-corrected chi connectivity index (χ1v) is 7.25. The molecule has 1 N–H and O–H groups in total. The van der Waals surface area contributed by atoms with Gasteiger partial charge in [-0.3, -0.25) is 0 Å². The van der Waals surface area contributed by atoms with E-state index >= 15 is 0 Å². The van der Waals surface area contributed by atoms with Crippen LogP contribution in [-0.2, 0) is 0 Å². The van der Waals surface area contributed by atoms with Gasteiger partial charge in [-0.25, -0.2) is 4.98 Å². The number of nitrogens with one attached hydrogen (secondary N) is 1. The number of aromatic nitrogens is 2. The molecule has 3 heterocycles. The predicted octanol–water partition coefficient (Wildman–Crippen LogP) is 1.62. The molecule has 2 fully saturated rings. The van der Waals surface area contributed by atoms with Gasteiger partial charge in [-0.15, -0.1) is 0 Å². The molecule has 2 saturated heterocycles. The van der Waals surface area contributed by atoms with E-state index in [0.29, 0.717) is 12.0 Å². The molecule has 0 saturated carbocycles. The van der Waals surface area contributed by atoms with E-state index in [-0.39, 0.29) is 0 Å². The van der Waals surface area contributed by atoms with E-state index in [4.69, 9.17) is 0 Å². The molecule has 0 aliphatic carbocycles. The van der Waals surface area contributed by atoms with Crippen LogP contribution in [0.3, 0.4) is 0 Å². The van der Waals surface area contributed by atoms with Crippen LogP contribution >= 0.6 is 0 Å². The summed E-state index contributed by atoms with van der Waals surface area (Å²) in [7, 11) is 2.23. The molecule has 1 aromatic rings. The van der Waals surface area contributed by atoms with Crippen LogP contribution < -0.4 is 5.32 Å². The third-order valence-corrected chi connectivity index (χ3v) is 4.45. The number of hydrogen-bond acceptors (Lipinski definition) is 3. The summed E-state index contributed by atoms with van der Waals surface area (Å²) < 4.78 is 2.46. The van der Waals surface area contributed by atoms with Crippen molar-refractivity contribution in [3.8, 4) is 0 Å². The Kier molecular flexibility index (Phi) is 3.66. The third-order valence-electron chi connectivity index (χ3n) is 4.45. The monoisotopic (exact) mass is 248 g/mol. The second kappa shape index (κ2) is 5.41. The van der Waals surface area contributed by atoms with Crippen LogP contribution in [0.1, 0.15) is 43.3 Å². The minimum atomic E-state index is 0.635. The molecule has 2 aliphatic rings. The molecule has 0 bridgehead atoms. The number of nitrogens with zero attached hydrogens (tertiary/aromatic N) is 3. The van der Waals surface area contributed by atoms with E-state index in [2.05, 4.69) is 39.3 Å². The van der Waals surface area contributed by atoms with Crippen LogP contribution in [0.2, 0.25) is 0 Å². The van der Waals surface area contributed by atoms with Gasteiger partial charge in [0.15, 0.2) is 0 Å². The van der Waals surface area contributed by atoms with E-state index in [1.807, 2.05) is 0 Å². The summed E-state index contributed by atoms with van der Waals surface area (Å²) in [6, 6.07) is 0.635. The summed E-state index contributed by atoms with van der Waals surface area (Å²) in [5.74, 6) is 0.709. The second-order valence-corrected chi connectivity index (χ2v) is 5.81. The van der Waals surface area contributed by atoms with E-state index in [1.54, 1.807) is 0 Å². The quantitative estimate of drug-likeness (QED) is 0.863. The predicted molar refractivity (Wildman–Crippen MR) is 72.8 cm³/mol. The average molecular weight is 248 g/mol. The van der Waals surface area contributed by atoms with Crippen LogP contribution in [-0.4, -0.2) is 47.7 Å². The molecule has 2 aliphatic heterocycles. The van der Waals surface area contributed by atoms with Crippen molar-refractivity contribution in [2.75, 3.05) is 33.2 Å². The van der Waals surface area contributed by atoms with Gasteiger partial charge in [-0.1, -0.05) is 0 Å². The Bertz CT molecular complexity index is 381. The Morgan fingerprint density at radius 1 is 1.28 bits per heavy atom. The Balaban J connectivity index is 1.77. The van der Waals surface area contributed by atoms with E-state index < -0.39 is 0 Å². The third kappa shape index (κ3) is 2.45. The first-order valence-electron chi connectivity index (χ1n) is 7.25. The summed E-state index contributed by atoms with van der Waals surface area (Å²) in [4.78, 5) is 6.87. The summed E-state index contributed by atoms with van der Waals surface area (Å²) in [6.07, 6.45) is 9.29. The van der Waals surface area contributed by atoms with Crippen LogP contribution in [0.4, 0.5) is 0 Å². The Labute approximate surface area is 109 Å². The van der Waals surface area contributed by atoms with Crippen molar-refractivity contribution in [2.45, 2.75) is 37.6 Å². The van der Waals surface area contributed by atoms with Crippen molar-refractivity contribution in [2.24, 2.45) is 0 Å². The highest BCUT2D eigenvalue weighted by atomic mass is 15.2. The maximum atomic E-state index is 4.42. The lowest BCUT2D eigenvalue weighted by Gasteiger charge is -2.33. The Morgan fingerprint density at radius 3 is 2.89 bits per heavy atom. The molecule has 1 aromatic heterocycles. The number of imidazole rings is 1. The number of likely N-dealkylation sites (N-methyl/N-ethyl adjacent to an activating group) is 1. The molecule has 18 heavy (non-hydrogen) atoms. The first-order chi connectivity index (χ1) is 8.84. The van der Waals surface area contributed by atoms with Gasteiger partial charge in [0.25, 0.3) is 0 Å². The van der Waals surface area contributed by atoms with Gasteiger partial charge in [0.2, 0.25) is 0 Å². The molecule has 1 unspecified atom stereocenters. The molecule has 1 atom stereocenters. The number of rotatable bonds is 2. The van der Waals surface area contributed by atoms with Crippen LogP contribution in [0.15, 0.2) is 12.5 Å². The van der Waals surface area contributed by atoms with Gasteiger partial charge in [0.05, 0.1) is 6.33 Å². The van der Waals surface area contributed by atoms with Crippen LogP contribution in [0.5, 0.6) is 0 Å². The normalized spacial score (nSPS) is 27.5. The van der Waals surface area contributed by atoms with Crippen molar-refractivity contribution < 1.29 is 0 Å². The lowest BCUT2D eigenvalue weighted by Crippen LogP contribution is -2.35. The molecule has 0 amide bonds. The Hall–Kier alpha value is -0.870. The Morgan fingerprint density at radius 2 is 2.11 bits per heavy atom. The van der Waals surface area contributed by atoms with Gasteiger partial charge < -0.3 is 14.8 Å². The minimum absolute atomic E-state index is 0.635. The topological polar surface area (TPSA) is 33.1 Å². The fraction of sp³-hybridized carbons (Fsp3) is 0.786. The zero-order valence-electron chi connectivity index (χ0n) is 11.3. The number of hydrogen-bond donors (Lipinski definition) is 1. The maximum Gasteiger partial charge on any atom is 0.0951 e. The fourth-order valence-corrected chi connectivity index (χ4v) is 3.42. The summed E-state index contributed by atoms with van der Waals surface area (Å²) >= 11 is 0. The summed E-state index contributed by atoms with van der Waals surface area (Å²) in [5.41, 5.74) is 1.47. The summed E-state index contributed by atoms with van der Waals surface area (Å²) in [5, 5.41) is 3.44. The average Bonchev–Trinajstić information content (AvgIpc) is 2.89. The standard InChI is InChI=1S/C14H24N4/c1-17-8-2-3-13(10-17)18-11-16-9-14(18)12-4-6-15-7-5-12/h9,11-13,15H,2-8,10H2,1H3. The fourth-order valence-electron chi connectivity index (χ4n) is 3.42. The molecule has 0 spiro atoms. The van der Waals surface area contributed by atoms with Gasteiger partial charge >= 0.3 is 0 Å². The largest absolute Gasteiger partial charge is 0.330 e. The highest BCUT2D eigenvalue weighted by molar-refractivity contribution is 5.09. The highest BCUT2D eigenvalue weighted by Crippen LogP contribution is 2.29. The second-order valence-electron chi connectivity index (χ2n) is 5.81. The molecular formula is C14H24N4. The van der Waals surface area contributed by atoms with E-state index in [1.165, 1.54) is 44.5 Å². The number of likely N-dealkylation sites (tertiary alicyclic amines) is 1. The van der Waals surface area contributed by atoms with Crippen molar-refractivity contribution >= 4 is 0 Å². The van der Waals surface area contributed by atoms with Crippen molar-refractivity contribution in [1.29, 1.82) is 0 Å². The van der Waals surface area contributed by atoms with Crippen molar-refractivity contribution in [3.63, 3.8) is 0 Å². The number of piperidine rings is 2. The first kappa shape index (κ1) is 12.2. The smallest absolute Gasteiger partial charge is 0.0951 e. The zero-order valence-corrected chi connectivity index (χ0v) is 11.3. The van der Waals surface area contributed by atoms with Crippen molar-refractivity contribution in [3.05, 3.63) is 18.2 Å². The van der Waals surface area contributed by atoms with Gasteiger partial charge in [0, 0.05) is 30.4 Å². The molecule has 100 valence electrons. The molecule has 0 aromatic carbocycles. The van der Waals surface area contributed by atoms with Crippen LogP contribution in [0.25, 0.3) is 0 Å². The molecule has 3 rings (SSSR count). The molecule has 4 heteroatoms. The SMILES string of the molecule is CN1CCCC(n2cncc2C2CCNCC2)C1. The summed E-state index contributed by atoms with van der Waals surface area (Å²) in [6.45, 7) is 4.73. The van der Waals surface area contributed by atoms with Gasteiger partial charge in [-0.2, -0.15) is 0 Å². The van der Waals surface area contributed by atoms with Crippen LogP contribution in [0, 0.1) is 0 Å². The molecule has 4 nitrogen and oxygen atoms in total. The molecular weight excluding hydrogens is 224 g/mol. The van der Waals surface area contributed by atoms with E-state index in [9.17, 15) is 0 Å². The highest BCUT2D eigenvalue weighted by Gasteiger charge is 2.24.